The Morgan fingerprint density at radius 3 is 2.74 bits per heavy atom. The molecule has 6 nitrogen and oxygen atoms in total. The molecule has 2 amide bonds. The lowest BCUT2D eigenvalue weighted by Crippen LogP contribution is -2.50. The van der Waals surface area contributed by atoms with Gasteiger partial charge in [-0.25, -0.2) is 9.59 Å². The van der Waals surface area contributed by atoms with Crippen LogP contribution in [0.1, 0.15) is 44.9 Å². The molecule has 130 valence electrons. The number of hydrogen-bond acceptors (Lipinski definition) is 3. The van der Waals surface area contributed by atoms with Crippen molar-refractivity contribution in [3.05, 3.63) is 12.7 Å². The van der Waals surface area contributed by atoms with Crippen molar-refractivity contribution in [1.82, 2.24) is 10.2 Å². The highest BCUT2D eigenvalue weighted by Crippen LogP contribution is 2.28. The molecule has 0 spiro atoms. The average Bonchev–Trinajstić information content (AvgIpc) is 3.20. The molecule has 1 aliphatic heterocycles. The lowest BCUT2D eigenvalue weighted by molar-refractivity contribution is -0.140. The van der Waals surface area contributed by atoms with Crippen molar-refractivity contribution in [1.29, 1.82) is 0 Å². The van der Waals surface area contributed by atoms with Gasteiger partial charge in [-0.2, -0.15) is 0 Å². The average molecular weight is 324 g/mol. The van der Waals surface area contributed by atoms with Crippen LogP contribution in [-0.2, 0) is 9.53 Å². The molecular weight excluding hydrogens is 296 g/mol. The SMILES string of the molecule is C=CCCCO[C@@H]1CCN(C(=O)NC(C(=O)O)C2CCCC2)C1. The summed E-state index contributed by atoms with van der Waals surface area (Å²) in [6.45, 7) is 5.51. The van der Waals surface area contributed by atoms with E-state index in [1.54, 1.807) is 4.90 Å². The number of likely N-dealkylation sites (tertiary alicyclic amines) is 1. The standard InChI is InChI=1S/C17H28N2O4/c1-2-3-6-11-23-14-9-10-19(12-14)17(22)18-15(16(20)21)13-7-4-5-8-13/h2,13-15H,1,3-12H2,(H,18,22)(H,20,21)/t14-,15?/m1/s1. The second-order valence-electron chi connectivity index (χ2n) is 6.47. The predicted molar refractivity (Wildman–Crippen MR) is 87.3 cm³/mol. The van der Waals surface area contributed by atoms with Gasteiger partial charge >= 0.3 is 12.0 Å². The maximum atomic E-state index is 12.3. The number of ether oxygens (including phenoxy) is 1. The molecule has 1 aliphatic carbocycles. The van der Waals surface area contributed by atoms with Crippen molar-refractivity contribution in [3.8, 4) is 0 Å². The van der Waals surface area contributed by atoms with Gasteiger partial charge in [0.05, 0.1) is 6.10 Å². The smallest absolute Gasteiger partial charge is 0.326 e. The molecule has 2 aliphatic rings. The third-order valence-electron chi connectivity index (χ3n) is 4.75. The number of carboxylic acid groups (broad SMARTS) is 1. The second-order valence-corrected chi connectivity index (χ2v) is 6.47. The van der Waals surface area contributed by atoms with Crippen molar-refractivity contribution in [2.45, 2.75) is 57.1 Å². The van der Waals surface area contributed by atoms with Gasteiger partial charge in [0.2, 0.25) is 0 Å². The van der Waals surface area contributed by atoms with Gasteiger partial charge in [0.15, 0.2) is 0 Å². The normalized spacial score (nSPS) is 23.0. The molecule has 0 bridgehead atoms. The molecular formula is C17H28N2O4. The number of rotatable bonds is 8. The number of hydrogen-bond donors (Lipinski definition) is 2. The van der Waals surface area contributed by atoms with E-state index < -0.39 is 12.0 Å². The van der Waals surface area contributed by atoms with Crippen molar-refractivity contribution < 1.29 is 19.4 Å². The van der Waals surface area contributed by atoms with Crippen molar-refractivity contribution in [2.24, 2.45) is 5.92 Å². The van der Waals surface area contributed by atoms with Gasteiger partial charge in [0.25, 0.3) is 0 Å². The highest BCUT2D eigenvalue weighted by atomic mass is 16.5. The van der Waals surface area contributed by atoms with E-state index >= 15 is 0 Å². The summed E-state index contributed by atoms with van der Waals surface area (Å²) in [5, 5.41) is 12.1. The Morgan fingerprint density at radius 2 is 2.09 bits per heavy atom. The minimum absolute atomic E-state index is 0.0559. The molecule has 1 saturated heterocycles. The number of nitrogens with one attached hydrogen (secondary N) is 1. The quantitative estimate of drug-likeness (QED) is 0.531. The number of amides is 2. The topological polar surface area (TPSA) is 78.9 Å². The van der Waals surface area contributed by atoms with Gasteiger partial charge in [-0.3, -0.25) is 0 Å². The van der Waals surface area contributed by atoms with Crippen LogP contribution in [0.15, 0.2) is 12.7 Å². The minimum Gasteiger partial charge on any atom is -0.480 e. The highest BCUT2D eigenvalue weighted by Gasteiger charge is 2.34. The van der Waals surface area contributed by atoms with Crippen molar-refractivity contribution >= 4 is 12.0 Å². The monoisotopic (exact) mass is 324 g/mol. The van der Waals surface area contributed by atoms with Crippen LogP contribution in [0, 0.1) is 5.92 Å². The maximum absolute atomic E-state index is 12.3. The summed E-state index contributed by atoms with van der Waals surface area (Å²) in [5.74, 6) is -0.869. The third kappa shape index (κ3) is 5.23. The summed E-state index contributed by atoms with van der Waals surface area (Å²) in [4.78, 5) is 25.4. The van der Waals surface area contributed by atoms with Crippen LogP contribution < -0.4 is 5.32 Å². The van der Waals surface area contributed by atoms with Crippen LogP contribution in [0.3, 0.4) is 0 Å². The van der Waals surface area contributed by atoms with Crippen LogP contribution in [0.4, 0.5) is 4.79 Å². The number of unbranched alkanes of at least 4 members (excludes halogenated alkanes) is 1. The Morgan fingerprint density at radius 1 is 1.35 bits per heavy atom. The van der Waals surface area contributed by atoms with E-state index in [1.807, 2.05) is 6.08 Å². The maximum Gasteiger partial charge on any atom is 0.326 e. The molecule has 2 atom stereocenters. The van der Waals surface area contributed by atoms with Crippen LogP contribution in [0.25, 0.3) is 0 Å². The number of urea groups is 1. The van der Waals surface area contributed by atoms with E-state index in [0.717, 1.165) is 44.9 Å². The summed E-state index contributed by atoms with van der Waals surface area (Å²) in [6, 6.07) is -1.04. The van der Waals surface area contributed by atoms with E-state index in [2.05, 4.69) is 11.9 Å². The van der Waals surface area contributed by atoms with Crippen LogP contribution in [0.2, 0.25) is 0 Å². The Labute approximate surface area is 137 Å². The first kappa shape index (κ1) is 17.8. The molecule has 1 heterocycles. The Kier molecular flexibility index (Phi) is 6.89. The van der Waals surface area contributed by atoms with E-state index in [9.17, 15) is 14.7 Å². The first-order valence-corrected chi connectivity index (χ1v) is 8.62. The fourth-order valence-corrected chi connectivity index (χ4v) is 3.42. The number of aliphatic carboxylic acids is 1. The van der Waals surface area contributed by atoms with Crippen molar-refractivity contribution in [2.75, 3.05) is 19.7 Å². The summed E-state index contributed by atoms with van der Waals surface area (Å²) in [7, 11) is 0. The van der Waals surface area contributed by atoms with Gasteiger partial charge in [-0.1, -0.05) is 18.9 Å². The molecule has 0 radical (unpaired) electrons. The van der Waals surface area contributed by atoms with Gasteiger partial charge < -0.3 is 20.1 Å². The van der Waals surface area contributed by atoms with Gasteiger partial charge in [-0.15, -0.1) is 6.58 Å². The zero-order chi connectivity index (χ0) is 16.7. The third-order valence-corrected chi connectivity index (χ3v) is 4.75. The second kappa shape index (κ2) is 8.91. The summed E-state index contributed by atoms with van der Waals surface area (Å²) in [5.41, 5.74) is 0. The highest BCUT2D eigenvalue weighted by molar-refractivity contribution is 5.83. The molecule has 23 heavy (non-hydrogen) atoms. The summed E-state index contributed by atoms with van der Waals surface area (Å²) >= 11 is 0. The fourth-order valence-electron chi connectivity index (χ4n) is 3.42. The summed E-state index contributed by atoms with van der Waals surface area (Å²) in [6.07, 6.45) is 8.46. The van der Waals surface area contributed by atoms with Crippen LogP contribution >= 0.6 is 0 Å². The van der Waals surface area contributed by atoms with Gasteiger partial charge in [0, 0.05) is 19.7 Å². The number of allylic oxidation sites excluding steroid dienone is 1. The Bertz CT molecular complexity index is 421. The first-order chi connectivity index (χ1) is 11.1. The molecule has 6 heteroatoms. The molecule has 2 N–H and O–H groups in total. The number of carbonyl (C=O) groups excluding carboxylic acids is 1. The zero-order valence-electron chi connectivity index (χ0n) is 13.7. The largest absolute Gasteiger partial charge is 0.480 e. The minimum atomic E-state index is -0.929. The molecule has 0 aromatic carbocycles. The van der Waals surface area contributed by atoms with E-state index in [0.29, 0.717) is 19.7 Å². The first-order valence-electron chi connectivity index (χ1n) is 8.62. The number of nitrogens with zero attached hydrogens (tertiary/aromatic N) is 1. The lowest BCUT2D eigenvalue weighted by Gasteiger charge is -2.24. The summed E-state index contributed by atoms with van der Waals surface area (Å²) < 4.78 is 5.75. The van der Waals surface area contributed by atoms with E-state index in [1.165, 1.54) is 0 Å². The number of carboxylic acids is 1. The molecule has 2 fully saturated rings. The Hall–Kier alpha value is -1.56. The fraction of sp³-hybridized carbons (Fsp3) is 0.765. The van der Waals surface area contributed by atoms with Gasteiger partial charge in [0.1, 0.15) is 6.04 Å². The van der Waals surface area contributed by atoms with Crippen LogP contribution in [-0.4, -0.2) is 53.8 Å². The van der Waals surface area contributed by atoms with E-state index in [-0.39, 0.29) is 18.1 Å². The van der Waals surface area contributed by atoms with Gasteiger partial charge in [-0.05, 0) is 38.0 Å². The lowest BCUT2D eigenvalue weighted by atomic mass is 9.98. The zero-order valence-corrected chi connectivity index (χ0v) is 13.7. The predicted octanol–water partition coefficient (Wildman–Crippen LogP) is 2.40. The Balaban J connectivity index is 1.76. The molecule has 1 saturated carbocycles. The molecule has 0 aromatic heterocycles. The molecule has 2 rings (SSSR count). The molecule has 0 aromatic rings. The number of carbonyl (C=O) groups is 2. The van der Waals surface area contributed by atoms with Crippen molar-refractivity contribution in [3.63, 3.8) is 0 Å². The van der Waals surface area contributed by atoms with E-state index in [4.69, 9.17) is 4.74 Å². The van der Waals surface area contributed by atoms with Crippen LogP contribution in [0.5, 0.6) is 0 Å². The molecule has 1 unspecified atom stereocenters.